The summed E-state index contributed by atoms with van der Waals surface area (Å²) in [4.78, 5) is 12.9. The molecular weight excluding hydrogens is 517 g/mol. The van der Waals surface area contributed by atoms with Crippen LogP contribution in [0.3, 0.4) is 0 Å². The van der Waals surface area contributed by atoms with Gasteiger partial charge in [-0.3, -0.25) is 0 Å². The van der Waals surface area contributed by atoms with Crippen LogP contribution in [0.1, 0.15) is 28.4 Å². The molecule has 0 fully saturated rings. The highest BCUT2D eigenvalue weighted by Crippen LogP contribution is 2.33. The van der Waals surface area contributed by atoms with E-state index in [0.717, 1.165) is 11.9 Å². The molecule has 180 valence electrons. The summed E-state index contributed by atoms with van der Waals surface area (Å²) in [7, 11) is -2.63. The van der Waals surface area contributed by atoms with Crippen LogP contribution in [0.5, 0.6) is 11.5 Å². The monoisotopic (exact) mass is 539 g/mol. The second-order valence-corrected chi connectivity index (χ2v) is 11.4. The maximum absolute atomic E-state index is 13.4. The fourth-order valence-corrected chi connectivity index (χ4v) is 6.31. The van der Waals surface area contributed by atoms with Gasteiger partial charge in [0.1, 0.15) is 11.5 Å². The molecule has 0 atom stereocenters. The molecule has 0 radical (unpaired) electrons. The van der Waals surface area contributed by atoms with E-state index in [2.05, 4.69) is 0 Å². The van der Waals surface area contributed by atoms with Gasteiger partial charge in [0.2, 0.25) is 0 Å². The van der Waals surface area contributed by atoms with Crippen molar-refractivity contribution in [2.24, 2.45) is 0 Å². The third-order valence-corrected chi connectivity index (χ3v) is 8.79. The second kappa shape index (κ2) is 11.0. The Hall–Kier alpha value is -2.23. The van der Waals surface area contributed by atoms with Crippen molar-refractivity contribution in [3.05, 3.63) is 81.3 Å². The van der Waals surface area contributed by atoms with E-state index in [1.165, 1.54) is 16.9 Å². The van der Waals surface area contributed by atoms with Crippen LogP contribution >= 0.6 is 35.1 Å². The van der Waals surface area contributed by atoms with Gasteiger partial charge in [0.15, 0.2) is 0 Å². The number of methoxy groups -OCH3 is 1. The fourth-order valence-electron chi connectivity index (χ4n) is 3.11. The number of aryl methyl sites for hydroxylation is 1. The Morgan fingerprint density at radius 1 is 0.971 bits per heavy atom. The lowest BCUT2D eigenvalue weighted by Gasteiger charge is -2.20. The van der Waals surface area contributed by atoms with Crippen LogP contribution in [-0.2, 0) is 14.8 Å². The van der Waals surface area contributed by atoms with Crippen molar-refractivity contribution in [1.29, 1.82) is 0 Å². The van der Waals surface area contributed by atoms with Crippen molar-refractivity contribution in [2.45, 2.75) is 30.6 Å². The number of carbonyl (C=O) groups excluding carboxylic acids is 1. The minimum atomic E-state index is -3.89. The van der Waals surface area contributed by atoms with Gasteiger partial charge in [-0.25, -0.2) is 13.2 Å². The predicted octanol–water partition coefficient (Wildman–Crippen LogP) is 6.91. The van der Waals surface area contributed by atoms with Crippen LogP contribution in [0.15, 0.2) is 64.4 Å². The second-order valence-electron chi connectivity index (χ2n) is 7.30. The van der Waals surface area contributed by atoms with Gasteiger partial charge in [-0.1, -0.05) is 30.1 Å². The number of hydrogen-bond acceptors (Lipinski definition) is 6. The lowest BCUT2D eigenvalue weighted by atomic mass is 10.0. The van der Waals surface area contributed by atoms with Gasteiger partial charge >= 0.3 is 5.97 Å². The first-order chi connectivity index (χ1) is 16.0. The predicted molar refractivity (Wildman–Crippen MR) is 136 cm³/mol. The first-order valence-corrected chi connectivity index (χ1v) is 13.2. The molecule has 0 saturated heterocycles. The highest BCUT2D eigenvalue weighted by Gasteiger charge is 2.27. The standard InChI is InChI=1S/C24H23Cl2NO5S2/c1-5-27(34(29,30)22-10-15(2)16(3)23(14-22)24(28)31-4)33-21-8-6-19(7-9-21)32-20-12-17(25)11-18(26)13-20/h6-14H,5H2,1-4H3. The quantitative estimate of drug-likeness (QED) is 0.229. The Morgan fingerprint density at radius 2 is 1.59 bits per heavy atom. The highest BCUT2D eigenvalue weighted by molar-refractivity contribution is 8.08. The van der Waals surface area contributed by atoms with Crippen LogP contribution < -0.4 is 4.74 Å². The molecule has 0 N–H and O–H groups in total. The Bertz CT molecular complexity index is 1290. The lowest BCUT2D eigenvalue weighted by molar-refractivity contribution is 0.0599. The SMILES string of the molecule is CCN(Sc1ccc(Oc2cc(Cl)cc(Cl)c2)cc1)S(=O)(=O)c1cc(C)c(C)c(C(=O)OC)c1. The van der Waals surface area contributed by atoms with Gasteiger partial charge in [-0.05, 0) is 91.5 Å². The molecule has 0 aliphatic rings. The Kier molecular flexibility index (Phi) is 8.54. The molecule has 0 amide bonds. The van der Waals surface area contributed by atoms with Crippen LogP contribution in [0, 0.1) is 13.8 Å². The van der Waals surface area contributed by atoms with E-state index in [4.69, 9.17) is 32.7 Å². The molecule has 34 heavy (non-hydrogen) atoms. The maximum Gasteiger partial charge on any atom is 0.338 e. The van der Waals surface area contributed by atoms with Crippen LogP contribution in [0.2, 0.25) is 10.0 Å². The number of halogens is 2. The van der Waals surface area contributed by atoms with Crippen molar-refractivity contribution in [3.8, 4) is 11.5 Å². The molecular formula is C24H23Cl2NO5S2. The van der Waals surface area contributed by atoms with Gasteiger partial charge in [0, 0.05) is 21.5 Å². The third kappa shape index (κ3) is 6.06. The molecule has 6 nitrogen and oxygen atoms in total. The van der Waals surface area contributed by atoms with Crippen molar-refractivity contribution in [1.82, 2.24) is 3.71 Å². The van der Waals surface area contributed by atoms with Crippen molar-refractivity contribution >= 4 is 51.1 Å². The highest BCUT2D eigenvalue weighted by atomic mass is 35.5. The van der Waals surface area contributed by atoms with Crippen molar-refractivity contribution in [2.75, 3.05) is 13.7 Å². The zero-order chi connectivity index (χ0) is 25.0. The van der Waals surface area contributed by atoms with E-state index in [9.17, 15) is 13.2 Å². The van der Waals surface area contributed by atoms with E-state index < -0.39 is 16.0 Å². The number of hydrogen-bond donors (Lipinski definition) is 0. The molecule has 3 rings (SSSR count). The lowest BCUT2D eigenvalue weighted by Crippen LogP contribution is -2.25. The van der Waals surface area contributed by atoms with Gasteiger partial charge in [-0.2, -0.15) is 0 Å². The molecule has 0 aromatic heterocycles. The third-order valence-electron chi connectivity index (χ3n) is 4.97. The Labute approximate surface area is 214 Å². The first kappa shape index (κ1) is 26.4. The zero-order valence-corrected chi connectivity index (χ0v) is 22.1. The largest absolute Gasteiger partial charge is 0.465 e. The van der Waals surface area contributed by atoms with Crippen LogP contribution in [0.4, 0.5) is 0 Å². The number of esters is 1. The summed E-state index contributed by atoms with van der Waals surface area (Å²) in [5.74, 6) is 0.460. The molecule has 3 aromatic rings. The molecule has 0 heterocycles. The first-order valence-electron chi connectivity index (χ1n) is 10.2. The van der Waals surface area contributed by atoms with Gasteiger partial charge < -0.3 is 9.47 Å². The summed E-state index contributed by atoms with van der Waals surface area (Å²) in [5.41, 5.74) is 1.59. The van der Waals surface area contributed by atoms with Crippen molar-refractivity contribution < 1.29 is 22.7 Å². The topological polar surface area (TPSA) is 72.9 Å². The molecule has 0 aliphatic heterocycles. The summed E-state index contributed by atoms with van der Waals surface area (Å²) in [6.07, 6.45) is 0. The molecule has 0 unspecified atom stereocenters. The zero-order valence-electron chi connectivity index (χ0n) is 19.0. The number of rotatable bonds is 8. The summed E-state index contributed by atoms with van der Waals surface area (Å²) in [6.45, 7) is 5.47. The molecule has 0 bridgehead atoms. The molecule has 0 saturated carbocycles. The normalized spacial score (nSPS) is 11.5. The van der Waals surface area contributed by atoms with E-state index in [1.807, 2.05) is 0 Å². The molecule has 3 aromatic carbocycles. The van der Waals surface area contributed by atoms with E-state index in [-0.39, 0.29) is 17.0 Å². The summed E-state index contributed by atoms with van der Waals surface area (Å²) in [5, 5.41) is 0.917. The number of sulfonamides is 1. The molecule has 10 heteroatoms. The van der Waals surface area contributed by atoms with Gasteiger partial charge in [0.05, 0.1) is 17.6 Å². The van der Waals surface area contributed by atoms with Crippen LogP contribution in [-0.4, -0.2) is 31.8 Å². The van der Waals surface area contributed by atoms with E-state index in [0.29, 0.717) is 37.6 Å². The van der Waals surface area contributed by atoms with Gasteiger partial charge in [-0.15, -0.1) is 3.71 Å². The van der Waals surface area contributed by atoms with E-state index in [1.54, 1.807) is 69.3 Å². The molecule has 0 spiro atoms. The summed E-state index contributed by atoms with van der Waals surface area (Å²) >= 11 is 13.1. The average molecular weight is 540 g/mol. The fraction of sp³-hybridized carbons (Fsp3) is 0.208. The number of ether oxygens (including phenoxy) is 2. The number of nitrogens with zero attached hydrogens (tertiary/aromatic N) is 1. The van der Waals surface area contributed by atoms with Crippen molar-refractivity contribution in [3.63, 3.8) is 0 Å². The maximum atomic E-state index is 13.4. The number of carbonyl (C=O) groups is 1. The Balaban J connectivity index is 1.83. The van der Waals surface area contributed by atoms with E-state index >= 15 is 0 Å². The smallest absolute Gasteiger partial charge is 0.338 e. The van der Waals surface area contributed by atoms with Crippen LogP contribution in [0.25, 0.3) is 0 Å². The molecule has 0 aliphatic carbocycles. The number of benzene rings is 3. The Morgan fingerprint density at radius 3 is 2.15 bits per heavy atom. The minimum absolute atomic E-state index is 0.0307. The minimum Gasteiger partial charge on any atom is -0.465 e. The summed E-state index contributed by atoms with van der Waals surface area (Å²) < 4.78 is 38.6. The van der Waals surface area contributed by atoms with Gasteiger partial charge in [0.25, 0.3) is 10.0 Å². The summed E-state index contributed by atoms with van der Waals surface area (Å²) in [6, 6.07) is 14.8. The average Bonchev–Trinajstić information content (AvgIpc) is 2.78.